The van der Waals surface area contributed by atoms with Crippen molar-refractivity contribution >= 4 is 0 Å². The number of hydrogen-bond acceptors (Lipinski definition) is 2. The highest BCUT2D eigenvalue weighted by atomic mass is 19.1. The van der Waals surface area contributed by atoms with Gasteiger partial charge in [0, 0.05) is 12.6 Å². The molecule has 1 N–H and O–H groups in total. The topological polar surface area (TPSA) is 21.3 Å². The van der Waals surface area contributed by atoms with Crippen molar-refractivity contribution in [2.24, 2.45) is 0 Å². The van der Waals surface area contributed by atoms with Crippen molar-refractivity contribution < 1.29 is 9.13 Å². The third-order valence-corrected chi connectivity index (χ3v) is 2.71. The molecule has 0 radical (unpaired) electrons. The highest BCUT2D eigenvalue weighted by Gasteiger charge is 2.14. The number of benzene rings is 1. The molecule has 1 fully saturated rings. The summed E-state index contributed by atoms with van der Waals surface area (Å²) < 4.78 is 18.5. The maximum Gasteiger partial charge on any atom is 0.126 e. The predicted molar refractivity (Wildman–Crippen MR) is 57.3 cm³/mol. The predicted octanol–water partition coefficient (Wildman–Crippen LogP) is 1.75. The average molecular weight is 209 g/mol. The van der Waals surface area contributed by atoms with E-state index in [1.54, 1.807) is 6.07 Å². The van der Waals surface area contributed by atoms with Crippen molar-refractivity contribution in [3.63, 3.8) is 0 Å². The number of ether oxygens (including phenoxy) is 1. The second-order valence-electron chi connectivity index (χ2n) is 3.86. The van der Waals surface area contributed by atoms with E-state index in [1.807, 2.05) is 12.1 Å². The van der Waals surface area contributed by atoms with Crippen LogP contribution in [0.3, 0.4) is 0 Å². The molecule has 0 spiro atoms. The van der Waals surface area contributed by atoms with Crippen LogP contribution in [0.15, 0.2) is 24.3 Å². The van der Waals surface area contributed by atoms with E-state index in [2.05, 4.69) is 5.32 Å². The van der Waals surface area contributed by atoms with Gasteiger partial charge in [-0.2, -0.15) is 0 Å². The van der Waals surface area contributed by atoms with Gasteiger partial charge in [0.25, 0.3) is 0 Å². The molecule has 1 aliphatic rings. The Morgan fingerprint density at radius 1 is 1.40 bits per heavy atom. The largest absolute Gasteiger partial charge is 0.380 e. The lowest BCUT2D eigenvalue weighted by Crippen LogP contribution is -2.31. The molecule has 0 bridgehead atoms. The molecule has 82 valence electrons. The zero-order chi connectivity index (χ0) is 10.5. The van der Waals surface area contributed by atoms with Crippen molar-refractivity contribution in [3.8, 4) is 0 Å². The molecule has 0 saturated carbocycles. The van der Waals surface area contributed by atoms with Crippen molar-refractivity contribution in [2.45, 2.75) is 18.9 Å². The van der Waals surface area contributed by atoms with Crippen LogP contribution < -0.4 is 5.32 Å². The van der Waals surface area contributed by atoms with Gasteiger partial charge in [-0.1, -0.05) is 18.2 Å². The second-order valence-corrected chi connectivity index (χ2v) is 3.86. The van der Waals surface area contributed by atoms with E-state index >= 15 is 0 Å². The molecular formula is C12H16FNO. The third kappa shape index (κ3) is 3.01. The van der Waals surface area contributed by atoms with Gasteiger partial charge in [-0.05, 0) is 31.0 Å². The minimum Gasteiger partial charge on any atom is -0.380 e. The third-order valence-electron chi connectivity index (χ3n) is 2.71. The summed E-state index contributed by atoms with van der Waals surface area (Å²) in [5.41, 5.74) is 0.781. The molecule has 0 aromatic heterocycles. The van der Waals surface area contributed by atoms with Crippen LogP contribution >= 0.6 is 0 Å². The average Bonchev–Trinajstić information content (AvgIpc) is 2.74. The zero-order valence-corrected chi connectivity index (χ0v) is 8.71. The molecular weight excluding hydrogens is 193 g/mol. The summed E-state index contributed by atoms with van der Waals surface area (Å²) >= 11 is 0. The van der Waals surface area contributed by atoms with E-state index < -0.39 is 0 Å². The Bertz CT molecular complexity index is 310. The molecule has 1 saturated heterocycles. The summed E-state index contributed by atoms with van der Waals surface area (Å²) in [6.45, 7) is 2.45. The molecule has 0 amide bonds. The van der Waals surface area contributed by atoms with E-state index in [9.17, 15) is 4.39 Å². The fraction of sp³-hybridized carbons (Fsp3) is 0.500. The molecule has 2 nitrogen and oxygen atoms in total. The number of rotatable bonds is 4. The lowest BCUT2D eigenvalue weighted by Gasteiger charge is -2.10. The Labute approximate surface area is 89.4 Å². The molecule has 0 unspecified atom stereocenters. The van der Waals surface area contributed by atoms with E-state index in [-0.39, 0.29) is 5.82 Å². The monoisotopic (exact) mass is 209 g/mol. The normalized spacial score (nSPS) is 20.7. The van der Waals surface area contributed by atoms with Crippen LogP contribution in [0, 0.1) is 5.82 Å². The fourth-order valence-electron chi connectivity index (χ4n) is 1.81. The van der Waals surface area contributed by atoms with Crippen LogP contribution in [-0.2, 0) is 11.2 Å². The second kappa shape index (κ2) is 5.24. The van der Waals surface area contributed by atoms with Gasteiger partial charge in [0.2, 0.25) is 0 Å². The van der Waals surface area contributed by atoms with Crippen molar-refractivity contribution in [1.82, 2.24) is 5.32 Å². The first-order valence-electron chi connectivity index (χ1n) is 5.41. The van der Waals surface area contributed by atoms with Crippen LogP contribution in [0.4, 0.5) is 4.39 Å². The van der Waals surface area contributed by atoms with Gasteiger partial charge < -0.3 is 10.1 Å². The number of halogens is 1. The molecule has 0 aliphatic carbocycles. The Morgan fingerprint density at radius 3 is 3.00 bits per heavy atom. The van der Waals surface area contributed by atoms with Crippen LogP contribution in [0.2, 0.25) is 0 Å². The van der Waals surface area contributed by atoms with Gasteiger partial charge in [0.05, 0.1) is 6.61 Å². The fourth-order valence-corrected chi connectivity index (χ4v) is 1.81. The summed E-state index contributed by atoms with van der Waals surface area (Å²) in [4.78, 5) is 0. The van der Waals surface area contributed by atoms with Crippen molar-refractivity contribution in [3.05, 3.63) is 35.6 Å². The van der Waals surface area contributed by atoms with Gasteiger partial charge in [-0.25, -0.2) is 4.39 Å². The molecule has 1 aromatic carbocycles. The standard InChI is InChI=1S/C12H16FNO/c13-12-4-2-1-3-10(12)5-7-14-11-6-8-15-9-11/h1-4,11,14H,5-9H2/t11-/m0/s1. The minimum atomic E-state index is -0.109. The first kappa shape index (κ1) is 10.6. The van der Waals surface area contributed by atoms with Gasteiger partial charge in [-0.3, -0.25) is 0 Å². The van der Waals surface area contributed by atoms with E-state index in [4.69, 9.17) is 4.74 Å². The van der Waals surface area contributed by atoms with Crippen molar-refractivity contribution in [2.75, 3.05) is 19.8 Å². The maximum absolute atomic E-state index is 13.2. The van der Waals surface area contributed by atoms with Gasteiger partial charge in [-0.15, -0.1) is 0 Å². The Hall–Kier alpha value is -0.930. The molecule has 1 heterocycles. The molecule has 15 heavy (non-hydrogen) atoms. The highest BCUT2D eigenvalue weighted by Crippen LogP contribution is 2.07. The van der Waals surface area contributed by atoms with Crippen LogP contribution in [0.25, 0.3) is 0 Å². The van der Waals surface area contributed by atoms with Crippen LogP contribution in [0.1, 0.15) is 12.0 Å². The Morgan fingerprint density at radius 2 is 2.27 bits per heavy atom. The first-order valence-corrected chi connectivity index (χ1v) is 5.41. The number of hydrogen-bond donors (Lipinski definition) is 1. The Balaban J connectivity index is 1.75. The minimum absolute atomic E-state index is 0.109. The summed E-state index contributed by atoms with van der Waals surface area (Å²) in [5.74, 6) is -0.109. The molecule has 1 aromatic rings. The van der Waals surface area contributed by atoms with E-state index in [0.29, 0.717) is 6.04 Å². The van der Waals surface area contributed by atoms with E-state index in [1.165, 1.54) is 6.07 Å². The summed E-state index contributed by atoms with van der Waals surface area (Å²) in [7, 11) is 0. The summed E-state index contributed by atoms with van der Waals surface area (Å²) in [6.07, 6.45) is 1.81. The quantitative estimate of drug-likeness (QED) is 0.815. The Kier molecular flexibility index (Phi) is 3.69. The van der Waals surface area contributed by atoms with Crippen LogP contribution in [-0.4, -0.2) is 25.8 Å². The summed E-state index contributed by atoms with van der Waals surface area (Å²) in [6, 6.07) is 7.39. The lowest BCUT2D eigenvalue weighted by molar-refractivity contribution is 0.190. The summed E-state index contributed by atoms with van der Waals surface area (Å²) in [5, 5.41) is 3.37. The van der Waals surface area contributed by atoms with Crippen molar-refractivity contribution in [1.29, 1.82) is 0 Å². The molecule has 3 heteroatoms. The van der Waals surface area contributed by atoms with Gasteiger partial charge >= 0.3 is 0 Å². The lowest BCUT2D eigenvalue weighted by atomic mass is 10.1. The zero-order valence-electron chi connectivity index (χ0n) is 8.71. The smallest absolute Gasteiger partial charge is 0.126 e. The maximum atomic E-state index is 13.2. The molecule has 1 atom stereocenters. The SMILES string of the molecule is Fc1ccccc1CCN[C@H]1CCOC1. The van der Waals surface area contributed by atoms with Crippen LogP contribution in [0.5, 0.6) is 0 Å². The molecule has 2 rings (SSSR count). The number of nitrogens with one attached hydrogen (secondary N) is 1. The van der Waals surface area contributed by atoms with E-state index in [0.717, 1.165) is 38.2 Å². The van der Waals surface area contributed by atoms with Gasteiger partial charge in [0.15, 0.2) is 0 Å². The highest BCUT2D eigenvalue weighted by molar-refractivity contribution is 5.17. The molecule has 1 aliphatic heterocycles. The first-order chi connectivity index (χ1) is 7.36. The van der Waals surface area contributed by atoms with Gasteiger partial charge in [0.1, 0.15) is 5.82 Å².